The molecule has 0 radical (unpaired) electrons. The van der Waals surface area contributed by atoms with Gasteiger partial charge < -0.3 is 5.11 Å². The average Bonchev–Trinajstić information content (AvgIpc) is 2.85. The predicted molar refractivity (Wildman–Crippen MR) is 134 cm³/mol. The molecule has 1 aliphatic rings. The number of fused-ring (bicyclic) bond motifs is 3. The first kappa shape index (κ1) is 19.6. The van der Waals surface area contributed by atoms with Gasteiger partial charge in [0, 0.05) is 36.9 Å². The van der Waals surface area contributed by atoms with Gasteiger partial charge in [-0.05, 0) is 34.7 Å². The van der Waals surface area contributed by atoms with Crippen molar-refractivity contribution in [1.29, 1.82) is 0 Å². The van der Waals surface area contributed by atoms with Gasteiger partial charge in [-0.3, -0.25) is 0 Å². The molecule has 3 heteroatoms. The molecule has 1 N–H and O–H groups in total. The summed E-state index contributed by atoms with van der Waals surface area (Å²) < 4.78 is 0. The van der Waals surface area contributed by atoms with Crippen molar-refractivity contribution in [3.8, 4) is 11.1 Å². The fourth-order valence-corrected chi connectivity index (χ4v) is 6.20. The largest absolute Gasteiger partial charge is 0.376 e. The zero-order valence-electron chi connectivity index (χ0n) is 17.1. The minimum absolute atomic E-state index is 0.727. The van der Waals surface area contributed by atoms with Crippen molar-refractivity contribution >= 4 is 34.1 Å². The van der Waals surface area contributed by atoms with Gasteiger partial charge in [-0.1, -0.05) is 114 Å². The van der Waals surface area contributed by atoms with Crippen LogP contribution in [0.2, 0.25) is 5.02 Å². The summed E-state index contributed by atoms with van der Waals surface area (Å²) >= 11 is 8.22. The molecule has 1 aliphatic heterocycles. The van der Waals surface area contributed by atoms with Crippen LogP contribution in [0.25, 0.3) is 21.9 Å². The molecule has 5 aromatic rings. The van der Waals surface area contributed by atoms with Crippen molar-refractivity contribution in [3.05, 3.63) is 131 Å². The molecule has 0 atom stereocenters. The van der Waals surface area contributed by atoms with E-state index in [-0.39, 0.29) is 0 Å². The van der Waals surface area contributed by atoms with Crippen LogP contribution >= 0.6 is 23.4 Å². The molecule has 0 amide bonds. The molecule has 1 heterocycles. The van der Waals surface area contributed by atoms with Crippen LogP contribution in [0.4, 0.5) is 0 Å². The van der Waals surface area contributed by atoms with E-state index in [1.165, 1.54) is 0 Å². The maximum absolute atomic E-state index is 12.6. The second-order valence-electron chi connectivity index (χ2n) is 7.99. The maximum Gasteiger partial charge on any atom is 0.143 e. The van der Waals surface area contributed by atoms with Crippen molar-refractivity contribution in [1.82, 2.24) is 0 Å². The van der Waals surface area contributed by atoms with E-state index >= 15 is 0 Å². The monoisotopic (exact) mass is 450 g/mol. The molecule has 32 heavy (non-hydrogen) atoms. The quantitative estimate of drug-likeness (QED) is 0.295. The summed E-state index contributed by atoms with van der Waals surface area (Å²) in [7, 11) is 0. The lowest BCUT2D eigenvalue weighted by molar-refractivity contribution is 0.119. The molecule has 0 unspecified atom stereocenters. The second-order valence-corrected chi connectivity index (χ2v) is 9.48. The van der Waals surface area contributed by atoms with Gasteiger partial charge in [0.25, 0.3) is 0 Å². The van der Waals surface area contributed by atoms with Gasteiger partial charge in [-0.25, -0.2) is 0 Å². The Kier molecular flexibility index (Phi) is 4.62. The van der Waals surface area contributed by atoms with Gasteiger partial charge in [-0.2, -0.15) is 0 Å². The molecular weight excluding hydrogens is 432 g/mol. The standard InChI is InChI=1S/C29H19ClOS/c30-26-18-17-20(19-9-1-2-11-22(19)26)21-10-3-4-12-23(21)29(31)24-13-5-7-15-27(24)32-28-16-8-6-14-25(28)29/h1-18,31H. The van der Waals surface area contributed by atoms with E-state index < -0.39 is 5.60 Å². The van der Waals surface area contributed by atoms with Crippen LogP contribution in [0.15, 0.2) is 119 Å². The maximum atomic E-state index is 12.6. The van der Waals surface area contributed by atoms with Gasteiger partial charge in [0.1, 0.15) is 5.60 Å². The minimum atomic E-state index is -1.27. The van der Waals surface area contributed by atoms with Crippen molar-refractivity contribution in [2.24, 2.45) is 0 Å². The van der Waals surface area contributed by atoms with Crippen LogP contribution < -0.4 is 0 Å². The van der Waals surface area contributed by atoms with Crippen molar-refractivity contribution in [3.63, 3.8) is 0 Å². The lowest BCUT2D eigenvalue weighted by Crippen LogP contribution is -2.32. The molecule has 0 spiro atoms. The summed E-state index contributed by atoms with van der Waals surface area (Å²) in [6, 6.07) is 36.6. The van der Waals surface area contributed by atoms with E-state index in [1.807, 2.05) is 78.9 Å². The predicted octanol–water partition coefficient (Wildman–Crippen LogP) is 7.91. The smallest absolute Gasteiger partial charge is 0.143 e. The summed E-state index contributed by atoms with van der Waals surface area (Å²) in [6.45, 7) is 0. The molecule has 5 aromatic carbocycles. The zero-order chi connectivity index (χ0) is 21.7. The third-order valence-electron chi connectivity index (χ3n) is 6.25. The lowest BCUT2D eigenvalue weighted by Gasteiger charge is -2.37. The van der Waals surface area contributed by atoms with E-state index in [4.69, 9.17) is 11.6 Å². The normalized spacial score (nSPS) is 14.1. The van der Waals surface area contributed by atoms with Gasteiger partial charge in [0.15, 0.2) is 0 Å². The van der Waals surface area contributed by atoms with Crippen molar-refractivity contribution < 1.29 is 5.11 Å². The second kappa shape index (κ2) is 7.53. The van der Waals surface area contributed by atoms with Crippen LogP contribution in [-0.2, 0) is 5.60 Å². The molecule has 1 nitrogen and oxygen atoms in total. The van der Waals surface area contributed by atoms with Crippen LogP contribution in [0.3, 0.4) is 0 Å². The number of aliphatic hydroxyl groups is 1. The summed E-state index contributed by atoms with van der Waals surface area (Å²) in [5.41, 5.74) is 3.48. The van der Waals surface area contributed by atoms with E-state index in [1.54, 1.807) is 11.8 Å². The lowest BCUT2D eigenvalue weighted by atomic mass is 9.76. The Bertz CT molecular complexity index is 1440. The molecule has 0 fully saturated rings. The van der Waals surface area contributed by atoms with Gasteiger partial charge in [0.05, 0.1) is 0 Å². The fraction of sp³-hybridized carbons (Fsp3) is 0.0345. The number of rotatable bonds is 2. The first-order valence-corrected chi connectivity index (χ1v) is 11.7. The molecule has 0 aromatic heterocycles. The fourth-order valence-electron chi connectivity index (χ4n) is 4.79. The number of halogens is 1. The van der Waals surface area contributed by atoms with E-state index in [9.17, 15) is 5.11 Å². The first-order chi connectivity index (χ1) is 15.7. The number of hydrogen-bond acceptors (Lipinski definition) is 2. The van der Waals surface area contributed by atoms with Gasteiger partial charge in [0.2, 0.25) is 0 Å². The van der Waals surface area contributed by atoms with E-state index in [0.717, 1.165) is 53.4 Å². The van der Waals surface area contributed by atoms with Gasteiger partial charge in [-0.15, -0.1) is 0 Å². The van der Waals surface area contributed by atoms with E-state index in [2.05, 4.69) is 30.3 Å². The Balaban J connectivity index is 1.70. The SMILES string of the molecule is OC1(c2ccccc2-c2ccc(Cl)c3ccccc23)c2ccccc2Sc2ccccc21. The van der Waals surface area contributed by atoms with Crippen LogP contribution in [0.5, 0.6) is 0 Å². The Morgan fingerprint density at radius 1 is 0.531 bits per heavy atom. The Hall–Kier alpha value is -3.04. The number of hydrogen-bond donors (Lipinski definition) is 1. The van der Waals surface area contributed by atoms with Crippen molar-refractivity contribution in [2.45, 2.75) is 15.4 Å². The summed E-state index contributed by atoms with van der Waals surface area (Å²) in [4.78, 5) is 2.15. The van der Waals surface area contributed by atoms with Crippen LogP contribution in [0, 0.1) is 0 Å². The molecule has 0 saturated carbocycles. The topological polar surface area (TPSA) is 20.2 Å². The summed E-state index contributed by atoms with van der Waals surface area (Å²) in [5.74, 6) is 0. The highest BCUT2D eigenvalue weighted by Gasteiger charge is 2.42. The Morgan fingerprint density at radius 2 is 1.06 bits per heavy atom. The van der Waals surface area contributed by atoms with Crippen LogP contribution in [0.1, 0.15) is 16.7 Å². The molecular formula is C29H19ClOS. The summed E-state index contributed by atoms with van der Waals surface area (Å²) in [6.07, 6.45) is 0. The Labute approximate surface area is 196 Å². The third-order valence-corrected chi connectivity index (χ3v) is 7.73. The molecule has 0 saturated heterocycles. The third kappa shape index (κ3) is 2.84. The Morgan fingerprint density at radius 3 is 1.75 bits per heavy atom. The van der Waals surface area contributed by atoms with Gasteiger partial charge >= 0.3 is 0 Å². The number of benzene rings is 5. The highest BCUT2D eigenvalue weighted by molar-refractivity contribution is 7.99. The zero-order valence-corrected chi connectivity index (χ0v) is 18.7. The first-order valence-electron chi connectivity index (χ1n) is 10.5. The highest BCUT2D eigenvalue weighted by atomic mass is 35.5. The van der Waals surface area contributed by atoms with E-state index in [0.29, 0.717) is 0 Å². The average molecular weight is 451 g/mol. The molecule has 0 bridgehead atoms. The molecule has 0 aliphatic carbocycles. The van der Waals surface area contributed by atoms with Crippen molar-refractivity contribution in [2.75, 3.05) is 0 Å². The minimum Gasteiger partial charge on any atom is -0.376 e. The summed E-state index contributed by atoms with van der Waals surface area (Å²) in [5, 5.41) is 15.4. The van der Waals surface area contributed by atoms with Crippen LogP contribution in [-0.4, -0.2) is 5.11 Å². The molecule has 6 rings (SSSR count). The molecule has 154 valence electrons. The highest BCUT2D eigenvalue weighted by Crippen LogP contribution is 2.53.